The van der Waals surface area contributed by atoms with E-state index >= 15 is 0 Å². The molecule has 0 radical (unpaired) electrons. The summed E-state index contributed by atoms with van der Waals surface area (Å²) in [7, 11) is 0. The second-order valence-corrected chi connectivity index (χ2v) is 4.06. The molecule has 0 aliphatic heterocycles. The number of aromatic nitrogens is 2. The minimum atomic E-state index is -1.12. The number of carboxylic acid groups (broad SMARTS) is 1. The Hall–Kier alpha value is -2.14. The zero-order valence-electron chi connectivity index (χ0n) is 9.42. The van der Waals surface area contributed by atoms with Crippen LogP contribution in [0.1, 0.15) is 15.9 Å². The summed E-state index contributed by atoms with van der Waals surface area (Å²) in [5, 5.41) is 16.9. The molecule has 1 aromatic carbocycles. The molecule has 0 atom stereocenters. The van der Waals surface area contributed by atoms with Gasteiger partial charge in [-0.05, 0) is 30.7 Å². The van der Waals surface area contributed by atoms with Crippen molar-refractivity contribution in [1.82, 2.24) is 10.2 Å². The Morgan fingerprint density at radius 2 is 2.17 bits per heavy atom. The number of hydrogen-bond donors (Lipinski definition) is 1. The first-order chi connectivity index (χ1) is 8.56. The lowest BCUT2D eigenvalue weighted by molar-refractivity contribution is 0.0694. The highest BCUT2D eigenvalue weighted by Crippen LogP contribution is 2.26. The van der Waals surface area contributed by atoms with Gasteiger partial charge in [0.1, 0.15) is 11.3 Å². The number of rotatable bonds is 3. The molecule has 0 saturated heterocycles. The van der Waals surface area contributed by atoms with E-state index in [1.807, 2.05) is 6.92 Å². The molecule has 6 heteroatoms. The maximum absolute atomic E-state index is 11.1. The number of aryl methyl sites for hydroxylation is 1. The molecule has 1 N–H and O–H groups in total. The fraction of sp³-hybridized carbons (Fsp3) is 0.0833. The number of carboxylic acids is 1. The topological polar surface area (TPSA) is 72.3 Å². The fourth-order valence-electron chi connectivity index (χ4n) is 1.36. The van der Waals surface area contributed by atoms with Crippen LogP contribution >= 0.6 is 11.6 Å². The van der Waals surface area contributed by atoms with Gasteiger partial charge in [-0.1, -0.05) is 11.6 Å². The molecule has 0 aliphatic rings. The van der Waals surface area contributed by atoms with Crippen molar-refractivity contribution in [3.8, 4) is 11.6 Å². The summed E-state index contributed by atoms with van der Waals surface area (Å²) in [5.74, 6) is -0.709. The van der Waals surface area contributed by atoms with Crippen molar-refractivity contribution < 1.29 is 14.6 Å². The molecule has 2 aromatic rings. The Labute approximate surface area is 108 Å². The molecule has 18 heavy (non-hydrogen) atoms. The van der Waals surface area contributed by atoms with Gasteiger partial charge in [-0.2, -0.15) is 5.10 Å². The van der Waals surface area contributed by atoms with Crippen molar-refractivity contribution >= 4 is 17.6 Å². The highest BCUT2D eigenvalue weighted by atomic mass is 35.5. The summed E-state index contributed by atoms with van der Waals surface area (Å²) in [6.07, 6.45) is 1.58. The molecule has 0 aliphatic carbocycles. The zero-order chi connectivity index (χ0) is 13.1. The summed E-state index contributed by atoms with van der Waals surface area (Å²) in [6.45, 7) is 1.83. The van der Waals surface area contributed by atoms with Gasteiger partial charge in [-0.25, -0.2) is 4.79 Å². The maximum atomic E-state index is 11.1. The first-order valence-corrected chi connectivity index (χ1v) is 5.44. The Morgan fingerprint density at radius 3 is 2.83 bits per heavy atom. The van der Waals surface area contributed by atoms with Crippen LogP contribution in [0, 0.1) is 6.92 Å². The molecule has 0 fully saturated rings. The van der Waals surface area contributed by atoms with Crippen molar-refractivity contribution in [2.24, 2.45) is 0 Å². The Balaban J connectivity index is 2.37. The van der Waals surface area contributed by atoms with Gasteiger partial charge in [0.2, 0.25) is 5.88 Å². The minimum absolute atomic E-state index is 0.0224. The van der Waals surface area contributed by atoms with Gasteiger partial charge < -0.3 is 9.84 Å². The summed E-state index contributed by atoms with van der Waals surface area (Å²) < 4.78 is 5.39. The van der Waals surface area contributed by atoms with Crippen molar-refractivity contribution in [3.05, 3.63) is 46.6 Å². The largest absolute Gasteiger partial charge is 0.478 e. The van der Waals surface area contributed by atoms with E-state index in [0.29, 0.717) is 5.02 Å². The minimum Gasteiger partial charge on any atom is -0.478 e. The maximum Gasteiger partial charge on any atom is 0.339 e. The average molecular weight is 265 g/mol. The van der Waals surface area contributed by atoms with Gasteiger partial charge in [0.05, 0.1) is 6.20 Å². The predicted octanol–water partition coefficient (Wildman–Crippen LogP) is 2.93. The Kier molecular flexibility index (Phi) is 3.43. The van der Waals surface area contributed by atoms with E-state index < -0.39 is 5.97 Å². The van der Waals surface area contributed by atoms with Crippen LogP contribution in [0.4, 0.5) is 0 Å². The van der Waals surface area contributed by atoms with E-state index in [1.54, 1.807) is 18.3 Å². The van der Waals surface area contributed by atoms with E-state index in [0.717, 1.165) is 5.56 Å². The third kappa shape index (κ3) is 2.75. The van der Waals surface area contributed by atoms with Crippen LogP contribution in [0.15, 0.2) is 30.5 Å². The van der Waals surface area contributed by atoms with Crippen LogP contribution in [0.3, 0.4) is 0 Å². The van der Waals surface area contributed by atoms with E-state index in [1.165, 1.54) is 12.1 Å². The lowest BCUT2D eigenvalue weighted by Crippen LogP contribution is -2.01. The molecule has 2 rings (SSSR count). The summed E-state index contributed by atoms with van der Waals surface area (Å²) >= 11 is 5.74. The Morgan fingerprint density at radius 1 is 1.39 bits per heavy atom. The zero-order valence-corrected chi connectivity index (χ0v) is 10.2. The van der Waals surface area contributed by atoms with Gasteiger partial charge in [0.25, 0.3) is 0 Å². The van der Waals surface area contributed by atoms with Gasteiger partial charge in [-0.3, -0.25) is 0 Å². The molecule has 92 valence electrons. The average Bonchev–Trinajstić information content (AvgIpc) is 2.31. The fourth-order valence-corrected chi connectivity index (χ4v) is 1.53. The summed E-state index contributed by atoms with van der Waals surface area (Å²) in [5.41, 5.74) is 0.844. The van der Waals surface area contributed by atoms with E-state index in [-0.39, 0.29) is 17.2 Å². The number of benzene rings is 1. The van der Waals surface area contributed by atoms with Crippen LogP contribution < -0.4 is 4.74 Å². The van der Waals surface area contributed by atoms with Crippen LogP contribution in [0.25, 0.3) is 0 Å². The van der Waals surface area contributed by atoms with Gasteiger partial charge in [-0.15, -0.1) is 5.10 Å². The Bertz CT molecular complexity index is 602. The standard InChI is InChI=1S/C12H9ClN2O3/c1-7-4-11(15-14-6-7)18-10-3-2-8(13)5-9(10)12(16)17/h2-6H,1H3,(H,16,17). The van der Waals surface area contributed by atoms with E-state index in [9.17, 15) is 4.79 Å². The molecule has 0 bridgehead atoms. The SMILES string of the molecule is Cc1cnnc(Oc2ccc(Cl)cc2C(=O)O)c1. The normalized spacial score (nSPS) is 10.1. The van der Waals surface area contributed by atoms with Gasteiger partial charge >= 0.3 is 5.97 Å². The molecular formula is C12H9ClN2O3. The monoisotopic (exact) mass is 264 g/mol. The lowest BCUT2D eigenvalue weighted by Gasteiger charge is -2.07. The number of aromatic carboxylic acids is 1. The number of carbonyl (C=O) groups is 1. The van der Waals surface area contributed by atoms with Gasteiger partial charge in [0.15, 0.2) is 0 Å². The highest BCUT2D eigenvalue weighted by Gasteiger charge is 2.13. The molecule has 0 spiro atoms. The van der Waals surface area contributed by atoms with Crippen LogP contribution in [0.2, 0.25) is 5.02 Å². The quantitative estimate of drug-likeness (QED) is 0.923. The smallest absolute Gasteiger partial charge is 0.339 e. The molecule has 0 amide bonds. The van der Waals surface area contributed by atoms with Crippen molar-refractivity contribution in [3.63, 3.8) is 0 Å². The number of hydrogen-bond acceptors (Lipinski definition) is 4. The molecule has 1 aromatic heterocycles. The van der Waals surface area contributed by atoms with E-state index in [4.69, 9.17) is 21.4 Å². The van der Waals surface area contributed by atoms with Crippen molar-refractivity contribution in [2.45, 2.75) is 6.92 Å². The number of ether oxygens (including phenoxy) is 1. The second-order valence-electron chi connectivity index (χ2n) is 3.62. The predicted molar refractivity (Wildman–Crippen MR) is 65.3 cm³/mol. The third-order valence-corrected chi connectivity index (χ3v) is 2.39. The van der Waals surface area contributed by atoms with Crippen LogP contribution in [-0.2, 0) is 0 Å². The van der Waals surface area contributed by atoms with Crippen molar-refractivity contribution in [2.75, 3.05) is 0 Å². The first kappa shape index (κ1) is 12.3. The molecule has 1 heterocycles. The number of halogens is 1. The molecule has 5 nitrogen and oxygen atoms in total. The first-order valence-electron chi connectivity index (χ1n) is 5.06. The highest BCUT2D eigenvalue weighted by molar-refractivity contribution is 6.31. The summed E-state index contributed by atoms with van der Waals surface area (Å²) in [6, 6.07) is 6.01. The molecule has 0 unspecified atom stereocenters. The van der Waals surface area contributed by atoms with Crippen molar-refractivity contribution in [1.29, 1.82) is 0 Å². The summed E-state index contributed by atoms with van der Waals surface area (Å²) in [4.78, 5) is 11.1. The molecular weight excluding hydrogens is 256 g/mol. The van der Waals surface area contributed by atoms with E-state index in [2.05, 4.69) is 10.2 Å². The number of nitrogens with zero attached hydrogens (tertiary/aromatic N) is 2. The van der Waals surface area contributed by atoms with Crippen LogP contribution in [0.5, 0.6) is 11.6 Å². The lowest BCUT2D eigenvalue weighted by atomic mass is 10.2. The molecule has 0 saturated carbocycles. The van der Waals surface area contributed by atoms with Crippen LogP contribution in [-0.4, -0.2) is 21.3 Å². The third-order valence-electron chi connectivity index (χ3n) is 2.16. The second kappa shape index (κ2) is 5.01. The van der Waals surface area contributed by atoms with Gasteiger partial charge in [0, 0.05) is 11.1 Å².